The van der Waals surface area contributed by atoms with Gasteiger partial charge in [-0.25, -0.2) is 14.2 Å². The molecule has 2 N–H and O–H groups in total. The number of pyridine rings is 1. The average molecular weight is 497 g/mol. The maximum atomic E-state index is 13.0. The molecular formula is C24H22BrFN4O2. The Bertz CT molecular complexity index is 1260. The van der Waals surface area contributed by atoms with Crippen molar-refractivity contribution in [1.29, 1.82) is 0 Å². The van der Waals surface area contributed by atoms with E-state index in [1.165, 1.54) is 24.3 Å². The summed E-state index contributed by atoms with van der Waals surface area (Å²) >= 11 is 3.52. The highest BCUT2D eigenvalue weighted by molar-refractivity contribution is 9.10. The summed E-state index contributed by atoms with van der Waals surface area (Å²) in [7, 11) is 0. The van der Waals surface area contributed by atoms with E-state index in [1.54, 1.807) is 12.1 Å². The molecule has 0 fully saturated rings. The molecule has 0 aliphatic carbocycles. The maximum Gasteiger partial charge on any atom is 0.417 e. The first-order chi connectivity index (χ1) is 15.2. The Morgan fingerprint density at radius 3 is 2.38 bits per heavy atom. The third-order valence-corrected chi connectivity index (χ3v) is 4.97. The number of nitrogens with zero attached hydrogens (tertiary/aromatic N) is 2. The maximum absolute atomic E-state index is 13.0. The molecule has 2 aromatic carbocycles. The van der Waals surface area contributed by atoms with Crippen molar-refractivity contribution in [3.8, 4) is 17.0 Å². The quantitative estimate of drug-likeness (QED) is 0.328. The average Bonchev–Trinajstić information content (AvgIpc) is 3.06. The summed E-state index contributed by atoms with van der Waals surface area (Å²) in [6.07, 6.45) is 1.32. The number of ether oxygens (including phenoxy) is 1. The summed E-state index contributed by atoms with van der Waals surface area (Å²) in [6, 6.07) is 16.5. The third-order valence-electron chi connectivity index (χ3n) is 4.50. The predicted octanol–water partition coefficient (Wildman–Crippen LogP) is 6.72. The van der Waals surface area contributed by atoms with Crippen LogP contribution in [0.15, 0.2) is 71.3 Å². The number of hydrogen-bond donors (Lipinski definition) is 2. The lowest BCUT2D eigenvalue weighted by atomic mass is 10.1. The van der Waals surface area contributed by atoms with E-state index < -0.39 is 11.9 Å². The van der Waals surface area contributed by atoms with Gasteiger partial charge in [0.25, 0.3) is 0 Å². The van der Waals surface area contributed by atoms with Crippen LogP contribution in [0.5, 0.6) is 5.75 Å². The molecule has 4 rings (SSSR count). The van der Waals surface area contributed by atoms with E-state index >= 15 is 0 Å². The van der Waals surface area contributed by atoms with E-state index in [4.69, 9.17) is 9.72 Å². The smallest absolute Gasteiger partial charge is 0.410 e. The lowest BCUT2D eigenvalue weighted by Crippen LogP contribution is -2.27. The fraction of sp³-hybridized carbons (Fsp3) is 0.167. The third kappa shape index (κ3) is 5.08. The molecule has 6 nitrogen and oxygen atoms in total. The molecule has 164 valence electrons. The van der Waals surface area contributed by atoms with Gasteiger partial charge in [0.05, 0.1) is 0 Å². The minimum Gasteiger partial charge on any atom is -0.410 e. The molecule has 0 bridgehead atoms. The van der Waals surface area contributed by atoms with E-state index in [0.717, 1.165) is 27.2 Å². The van der Waals surface area contributed by atoms with Gasteiger partial charge in [-0.2, -0.15) is 0 Å². The van der Waals surface area contributed by atoms with Crippen LogP contribution >= 0.6 is 15.9 Å². The zero-order valence-electron chi connectivity index (χ0n) is 17.8. The van der Waals surface area contributed by atoms with Crippen LogP contribution in [0.4, 0.5) is 20.7 Å². The molecule has 1 amide bonds. The second-order valence-electron chi connectivity index (χ2n) is 8.31. The minimum atomic E-state index is -0.656. The largest absolute Gasteiger partial charge is 0.417 e. The van der Waals surface area contributed by atoms with Gasteiger partial charge in [0.2, 0.25) is 0 Å². The van der Waals surface area contributed by atoms with Crippen molar-refractivity contribution >= 4 is 39.2 Å². The van der Waals surface area contributed by atoms with Crippen LogP contribution in [0.1, 0.15) is 20.8 Å². The van der Waals surface area contributed by atoms with Crippen LogP contribution in [0.3, 0.4) is 0 Å². The highest BCUT2D eigenvalue weighted by Gasteiger charge is 2.19. The number of carbonyl (C=O) groups excluding carboxylic acids is 1. The highest BCUT2D eigenvalue weighted by atomic mass is 79.9. The zero-order valence-corrected chi connectivity index (χ0v) is 19.4. The number of benzene rings is 2. The SMILES string of the molecule is CC(C)(C)Nc1c(-c2ccc(NC(=O)Oc3ccc(F)cc3)cc2)nc2ccc(Br)cn12. The molecule has 0 saturated carbocycles. The Hall–Kier alpha value is -3.39. The molecule has 4 aromatic rings. The van der Waals surface area contributed by atoms with Gasteiger partial charge in [-0.15, -0.1) is 0 Å². The van der Waals surface area contributed by atoms with Crippen molar-refractivity contribution in [2.45, 2.75) is 26.3 Å². The number of anilines is 2. The van der Waals surface area contributed by atoms with Crippen LogP contribution in [0, 0.1) is 5.82 Å². The van der Waals surface area contributed by atoms with E-state index in [2.05, 4.69) is 47.3 Å². The normalized spacial score (nSPS) is 11.4. The van der Waals surface area contributed by atoms with Crippen LogP contribution in [0.25, 0.3) is 16.9 Å². The molecule has 32 heavy (non-hydrogen) atoms. The number of imidazole rings is 1. The topological polar surface area (TPSA) is 67.7 Å². The lowest BCUT2D eigenvalue weighted by molar-refractivity contribution is 0.215. The van der Waals surface area contributed by atoms with Gasteiger partial charge in [-0.05, 0) is 85.2 Å². The van der Waals surface area contributed by atoms with E-state index in [1.807, 2.05) is 34.9 Å². The molecule has 0 aliphatic heterocycles. The number of hydrogen-bond acceptors (Lipinski definition) is 4. The summed E-state index contributed by atoms with van der Waals surface area (Å²) in [5.41, 5.74) is 2.92. The second kappa shape index (κ2) is 8.63. The summed E-state index contributed by atoms with van der Waals surface area (Å²) in [5, 5.41) is 6.21. The van der Waals surface area contributed by atoms with Gasteiger partial charge < -0.3 is 10.1 Å². The summed E-state index contributed by atoms with van der Waals surface area (Å²) in [5.74, 6) is 0.743. The molecule has 0 unspecified atom stereocenters. The zero-order chi connectivity index (χ0) is 22.9. The Kier molecular flexibility index (Phi) is 5.88. The van der Waals surface area contributed by atoms with E-state index in [-0.39, 0.29) is 11.3 Å². The molecular weight excluding hydrogens is 475 g/mol. The number of aromatic nitrogens is 2. The minimum absolute atomic E-state index is 0.168. The molecule has 0 aliphatic rings. The van der Waals surface area contributed by atoms with Crippen molar-refractivity contribution in [3.63, 3.8) is 0 Å². The first kappa shape index (κ1) is 21.8. The predicted molar refractivity (Wildman–Crippen MR) is 128 cm³/mol. The van der Waals surface area contributed by atoms with Crippen LogP contribution in [0.2, 0.25) is 0 Å². The van der Waals surface area contributed by atoms with Crippen LogP contribution < -0.4 is 15.4 Å². The Morgan fingerprint density at radius 2 is 1.72 bits per heavy atom. The molecule has 8 heteroatoms. The molecule has 2 heterocycles. The van der Waals surface area contributed by atoms with Crippen molar-refractivity contribution in [2.75, 3.05) is 10.6 Å². The summed E-state index contributed by atoms with van der Waals surface area (Å²) in [6.45, 7) is 6.27. The van der Waals surface area contributed by atoms with Crippen LogP contribution in [-0.4, -0.2) is 21.0 Å². The summed E-state index contributed by atoms with van der Waals surface area (Å²) in [4.78, 5) is 16.9. The lowest BCUT2D eigenvalue weighted by Gasteiger charge is -2.22. The standard InChI is InChI=1S/C24H22BrFN4O2/c1-24(2,3)29-22-21(28-20-13-6-16(25)14-30(20)22)15-4-9-18(10-5-15)27-23(31)32-19-11-7-17(26)8-12-19/h4-14,29H,1-3H3,(H,27,31). The fourth-order valence-electron chi connectivity index (χ4n) is 3.16. The van der Waals surface area contributed by atoms with Crippen molar-refractivity contribution < 1.29 is 13.9 Å². The monoisotopic (exact) mass is 496 g/mol. The van der Waals surface area contributed by atoms with Crippen molar-refractivity contribution in [2.24, 2.45) is 0 Å². The number of halogens is 2. The molecule has 0 radical (unpaired) electrons. The van der Waals surface area contributed by atoms with Gasteiger partial charge >= 0.3 is 6.09 Å². The molecule has 0 saturated heterocycles. The van der Waals surface area contributed by atoms with Gasteiger partial charge in [-0.1, -0.05) is 12.1 Å². The number of carbonyl (C=O) groups is 1. The van der Waals surface area contributed by atoms with Gasteiger partial charge in [-0.3, -0.25) is 9.72 Å². The number of fused-ring (bicyclic) bond motifs is 1. The van der Waals surface area contributed by atoms with Gasteiger partial charge in [0, 0.05) is 27.5 Å². The second-order valence-corrected chi connectivity index (χ2v) is 9.22. The van der Waals surface area contributed by atoms with Crippen molar-refractivity contribution in [1.82, 2.24) is 9.38 Å². The van der Waals surface area contributed by atoms with Crippen LogP contribution in [-0.2, 0) is 0 Å². The number of nitrogens with one attached hydrogen (secondary N) is 2. The Labute approximate surface area is 193 Å². The molecule has 2 aromatic heterocycles. The fourth-order valence-corrected chi connectivity index (χ4v) is 3.50. The summed E-state index contributed by atoms with van der Waals surface area (Å²) < 4.78 is 21.1. The first-order valence-corrected chi connectivity index (χ1v) is 10.8. The van der Waals surface area contributed by atoms with Gasteiger partial charge in [0.15, 0.2) is 0 Å². The Balaban J connectivity index is 1.57. The van der Waals surface area contributed by atoms with E-state index in [0.29, 0.717) is 5.69 Å². The van der Waals surface area contributed by atoms with Gasteiger partial charge in [0.1, 0.15) is 28.7 Å². The molecule has 0 atom stereocenters. The Morgan fingerprint density at radius 1 is 1.03 bits per heavy atom. The highest BCUT2D eigenvalue weighted by Crippen LogP contribution is 2.32. The first-order valence-electron chi connectivity index (χ1n) is 9.99. The number of rotatable bonds is 4. The van der Waals surface area contributed by atoms with E-state index in [9.17, 15) is 9.18 Å². The number of amides is 1. The van der Waals surface area contributed by atoms with Crippen molar-refractivity contribution in [3.05, 3.63) is 77.2 Å². The molecule has 0 spiro atoms.